The highest BCUT2D eigenvalue weighted by molar-refractivity contribution is 6.33. The zero-order valence-electron chi connectivity index (χ0n) is 12.0. The van der Waals surface area contributed by atoms with Crippen LogP contribution in [0.1, 0.15) is 25.0 Å². The molecule has 106 valence electrons. The summed E-state index contributed by atoms with van der Waals surface area (Å²) >= 11 is 6.20. The van der Waals surface area contributed by atoms with Crippen LogP contribution in [0.4, 0.5) is 4.39 Å². The third-order valence-electron chi connectivity index (χ3n) is 3.23. The molecule has 3 heteroatoms. The number of nitrogens with one attached hydrogen (secondary N) is 1. The van der Waals surface area contributed by atoms with Gasteiger partial charge in [-0.3, -0.25) is 0 Å². The van der Waals surface area contributed by atoms with Crippen molar-refractivity contribution in [2.75, 3.05) is 0 Å². The lowest BCUT2D eigenvalue weighted by Crippen LogP contribution is -2.21. The maximum absolute atomic E-state index is 13.4. The van der Waals surface area contributed by atoms with Crippen molar-refractivity contribution in [3.05, 3.63) is 58.4 Å². The van der Waals surface area contributed by atoms with Gasteiger partial charge < -0.3 is 5.32 Å². The molecule has 0 aliphatic heterocycles. The van der Waals surface area contributed by atoms with Gasteiger partial charge in [-0.2, -0.15) is 0 Å². The number of benzene rings is 2. The second kappa shape index (κ2) is 6.38. The van der Waals surface area contributed by atoms with Crippen LogP contribution in [0.15, 0.2) is 36.4 Å². The summed E-state index contributed by atoms with van der Waals surface area (Å²) in [5, 5.41) is 3.95. The highest BCUT2D eigenvalue weighted by Gasteiger charge is 2.09. The molecule has 0 aliphatic rings. The standard InChI is InChI=1S/C17H19ClFN/c1-11(2)20-10-13-5-4-12(3)15(8-13)16-9-14(19)6-7-17(16)18/h4-9,11,20H,10H2,1-3H3. The van der Waals surface area contributed by atoms with E-state index in [4.69, 9.17) is 11.6 Å². The summed E-state index contributed by atoms with van der Waals surface area (Å²) in [6.07, 6.45) is 0. The van der Waals surface area contributed by atoms with Crippen molar-refractivity contribution in [2.45, 2.75) is 33.4 Å². The lowest BCUT2D eigenvalue weighted by Gasteiger charge is -2.13. The zero-order valence-corrected chi connectivity index (χ0v) is 12.8. The summed E-state index contributed by atoms with van der Waals surface area (Å²) in [4.78, 5) is 0. The third-order valence-corrected chi connectivity index (χ3v) is 3.56. The summed E-state index contributed by atoms with van der Waals surface area (Å²) in [5.41, 5.74) is 3.98. The molecule has 2 aromatic carbocycles. The van der Waals surface area contributed by atoms with Gasteiger partial charge in [0, 0.05) is 23.2 Å². The van der Waals surface area contributed by atoms with Crippen molar-refractivity contribution in [1.29, 1.82) is 0 Å². The first-order valence-electron chi connectivity index (χ1n) is 6.75. The minimum atomic E-state index is -0.269. The summed E-state index contributed by atoms with van der Waals surface area (Å²) in [6, 6.07) is 11.1. The first-order chi connectivity index (χ1) is 9.47. The monoisotopic (exact) mass is 291 g/mol. The van der Waals surface area contributed by atoms with Crippen LogP contribution >= 0.6 is 11.6 Å². The lowest BCUT2D eigenvalue weighted by atomic mass is 9.98. The molecule has 0 aliphatic carbocycles. The van der Waals surface area contributed by atoms with Gasteiger partial charge in [0.15, 0.2) is 0 Å². The molecule has 20 heavy (non-hydrogen) atoms. The molecule has 2 rings (SSSR count). The van der Waals surface area contributed by atoms with E-state index in [0.717, 1.165) is 23.2 Å². The van der Waals surface area contributed by atoms with Gasteiger partial charge in [0.2, 0.25) is 0 Å². The van der Waals surface area contributed by atoms with Gasteiger partial charge in [-0.05, 0) is 47.9 Å². The van der Waals surface area contributed by atoms with Crippen molar-refractivity contribution in [3.8, 4) is 11.1 Å². The van der Waals surface area contributed by atoms with Gasteiger partial charge in [-0.25, -0.2) is 4.39 Å². The van der Waals surface area contributed by atoms with Crippen molar-refractivity contribution in [2.24, 2.45) is 0 Å². The number of hydrogen-bond acceptors (Lipinski definition) is 1. The molecule has 0 fully saturated rings. The van der Waals surface area contributed by atoms with Crippen molar-refractivity contribution in [1.82, 2.24) is 5.32 Å². The number of aryl methyl sites for hydroxylation is 1. The van der Waals surface area contributed by atoms with E-state index in [9.17, 15) is 4.39 Å². The fraction of sp³-hybridized carbons (Fsp3) is 0.294. The van der Waals surface area contributed by atoms with Gasteiger partial charge in [0.25, 0.3) is 0 Å². The largest absolute Gasteiger partial charge is 0.310 e. The SMILES string of the molecule is Cc1ccc(CNC(C)C)cc1-c1cc(F)ccc1Cl. The van der Waals surface area contributed by atoms with Crippen LogP contribution in [0.2, 0.25) is 5.02 Å². The Balaban J connectivity index is 2.40. The van der Waals surface area contributed by atoms with Crippen LogP contribution in [0.3, 0.4) is 0 Å². The Bertz CT molecular complexity index is 608. The molecular formula is C17H19ClFN. The molecule has 0 unspecified atom stereocenters. The number of hydrogen-bond donors (Lipinski definition) is 1. The Hall–Kier alpha value is -1.38. The molecule has 0 heterocycles. The van der Waals surface area contributed by atoms with Gasteiger partial charge in [-0.1, -0.05) is 37.6 Å². The van der Waals surface area contributed by atoms with Crippen molar-refractivity contribution in [3.63, 3.8) is 0 Å². The fourth-order valence-corrected chi connectivity index (χ4v) is 2.31. The van der Waals surface area contributed by atoms with E-state index in [1.807, 2.05) is 13.0 Å². The molecule has 1 N–H and O–H groups in total. The Labute approximate surface area is 124 Å². The Kier molecular flexibility index (Phi) is 4.79. The van der Waals surface area contributed by atoms with Crippen LogP contribution in [0, 0.1) is 12.7 Å². The minimum absolute atomic E-state index is 0.269. The topological polar surface area (TPSA) is 12.0 Å². The van der Waals surface area contributed by atoms with E-state index in [1.54, 1.807) is 6.07 Å². The van der Waals surface area contributed by atoms with Gasteiger partial charge in [0.05, 0.1) is 0 Å². The quantitative estimate of drug-likeness (QED) is 0.840. The number of rotatable bonds is 4. The summed E-state index contributed by atoms with van der Waals surface area (Å²) in [6.45, 7) is 7.02. The molecule has 1 nitrogen and oxygen atoms in total. The second-order valence-corrected chi connectivity index (χ2v) is 5.72. The average Bonchev–Trinajstić information content (AvgIpc) is 2.41. The zero-order chi connectivity index (χ0) is 14.7. The Morgan fingerprint density at radius 3 is 2.55 bits per heavy atom. The van der Waals surface area contributed by atoms with E-state index in [2.05, 4.69) is 31.3 Å². The van der Waals surface area contributed by atoms with Crippen LogP contribution in [-0.2, 0) is 6.54 Å². The first kappa shape index (κ1) is 15.0. The molecule has 2 aromatic rings. The normalized spacial score (nSPS) is 11.1. The molecule has 0 spiro atoms. The van der Waals surface area contributed by atoms with Gasteiger partial charge in [0.1, 0.15) is 5.82 Å². The molecule has 0 radical (unpaired) electrons. The van der Waals surface area contributed by atoms with Crippen LogP contribution < -0.4 is 5.32 Å². The van der Waals surface area contributed by atoms with Gasteiger partial charge in [-0.15, -0.1) is 0 Å². The second-order valence-electron chi connectivity index (χ2n) is 5.31. The highest BCUT2D eigenvalue weighted by atomic mass is 35.5. The summed E-state index contributed by atoms with van der Waals surface area (Å²) in [7, 11) is 0. The van der Waals surface area contributed by atoms with E-state index < -0.39 is 0 Å². The van der Waals surface area contributed by atoms with Gasteiger partial charge >= 0.3 is 0 Å². The van der Waals surface area contributed by atoms with Crippen LogP contribution in [-0.4, -0.2) is 6.04 Å². The number of halogens is 2. The molecule has 0 aromatic heterocycles. The maximum atomic E-state index is 13.4. The molecule has 0 bridgehead atoms. The Morgan fingerprint density at radius 1 is 1.10 bits per heavy atom. The van der Waals surface area contributed by atoms with Crippen LogP contribution in [0.25, 0.3) is 11.1 Å². The van der Waals surface area contributed by atoms with Crippen LogP contribution in [0.5, 0.6) is 0 Å². The smallest absolute Gasteiger partial charge is 0.123 e. The lowest BCUT2D eigenvalue weighted by molar-refractivity contribution is 0.589. The predicted molar refractivity (Wildman–Crippen MR) is 83.6 cm³/mol. The molecule has 0 atom stereocenters. The molecule has 0 amide bonds. The predicted octanol–water partition coefficient (Wildman–Crippen LogP) is 4.95. The van der Waals surface area contributed by atoms with E-state index >= 15 is 0 Å². The van der Waals surface area contributed by atoms with Crippen molar-refractivity contribution < 1.29 is 4.39 Å². The van der Waals surface area contributed by atoms with E-state index in [0.29, 0.717) is 11.1 Å². The average molecular weight is 292 g/mol. The maximum Gasteiger partial charge on any atom is 0.123 e. The van der Waals surface area contributed by atoms with E-state index in [-0.39, 0.29) is 5.82 Å². The van der Waals surface area contributed by atoms with Crippen molar-refractivity contribution >= 4 is 11.6 Å². The first-order valence-corrected chi connectivity index (χ1v) is 7.13. The Morgan fingerprint density at radius 2 is 1.85 bits per heavy atom. The fourth-order valence-electron chi connectivity index (χ4n) is 2.10. The minimum Gasteiger partial charge on any atom is -0.310 e. The highest BCUT2D eigenvalue weighted by Crippen LogP contribution is 2.31. The van der Waals surface area contributed by atoms with E-state index in [1.165, 1.54) is 17.7 Å². The summed E-state index contributed by atoms with van der Waals surface area (Å²) in [5.74, 6) is -0.269. The molecular weight excluding hydrogens is 273 g/mol. The summed E-state index contributed by atoms with van der Waals surface area (Å²) < 4.78 is 13.4. The third kappa shape index (κ3) is 3.59. The molecule has 0 saturated heterocycles. The molecule has 0 saturated carbocycles.